The Bertz CT molecular complexity index is 692. The van der Waals surface area contributed by atoms with Crippen LogP contribution in [0.2, 0.25) is 0 Å². The Balaban J connectivity index is 1.36. The van der Waals surface area contributed by atoms with Crippen LogP contribution in [-0.4, -0.2) is 78.5 Å². The van der Waals surface area contributed by atoms with E-state index in [1.54, 1.807) is 11.3 Å². The topological polar surface area (TPSA) is 53.1 Å². The molecule has 27 heavy (non-hydrogen) atoms. The van der Waals surface area contributed by atoms with Gasteiger partial charge in [0.2, 0.25) is 5.91 Å². The van der Waals surface area contributed by atoms with Crippen LogP contribution in [0.1, 0.15) is 47.3 Å². The molecule has 0 unspecified atom stereocenters. The minimum absolute atomic E-state index is 0.0184. The first-order chi connectivity index (χ1) is 13.0. The number of morpholine rings is 1. The molecule has 7 heteroatoms. The Morgan fingerprint density at radius 3 is 2.59 bits per heavy atom. The highest BCUT2D eigenvalue weighted by Crippen LogP contribution is 2.37. The molecule has 3 saturated heterocycles. The van der Waals surface area contributed by atoms with Gasteiger partial charge in [-0.25, -0.2) is 0 Å². The van der Waals surface area contributed by atoms with E-state index in [0.717, 1.165) is 68.5 Å². The summed E-state index contributed by atoms with van der Waals surface area (Å²) in [6.07, 6.45) is 2.03. The number of ether oxygens (including phenoxy) is 1. The van der Waals surface area contributed by atoms with Crippen molar-refractivity contribution >= 4 is 23.2 Å². The molecule has 3 fully saturated rings. The second-order valence-electron chi connectivity index (χ2n) is 8.06. The summed E-state index contributed by atoms with van der Waals surface area (Å²) in [5.41, 5.74) is 0. The highest BCUT2D eigenvalue weighted by molar-refractivity contribution is 7.14. The van der Waals surface area contributed by atoms with Crippen molar-refractivity contribution in [3.05, 3.63) is 21.9 Å². The Hall–Kier alpha value is -1.44. The second-order valence-corrected chi connectivity index (χ2v) is 9.17. The molecular formula is C20H29N3O3S. The van der Waals surface area contributed by atoms with Gasteiger partial charge in [-0.15, -0.1) is 11.3 Å². The minimum Gasteiger partial charge on any atom is -0.379 e. The molecule has 3 aliphatic heterocycles. The molecule has 2 amide bonds. The van der Waals surface area contributed by atoms with Crippen LogP contribution < -0.4 is 0 Å². The molecule has 0 aromatic carbocycles. The monoisotopic (exact) mass is 391 g/mol. The molecular weight excluding hydrogens is 362 g/mol. The molecule has 1 aromatic rings. The highest BCUT2D eigenvalue weighted by Gasteiger charge is 2.37. The summed E-state index contributed by atoms with van der Waals surface area (Å²) in [5, 5.41) is 0. The number of rotatable bonds is 4. The zero-order valence-corrected chi connectivity index (χ0v) is 17.0. The van der Waals surface area contributed by atoms with Crippen molar-refractivity contribution in [2.45, 2.75) is 38.8 Å². The van der Waals surface area contributed by atoms with Crippen LogP contribution in [0.5, 0.6) is 0 Å². The zero-order chi connectivity index (χ0) is 19.0. The van der Waals surface area contributed by atoms with Crippen molar-refractivity contribution < 1.29 is 14.3 Å². The van der Waals surface area contributed by atoms with Crippen LogP contribution >= 0.6 is 11.3 Å². The smallest absolute Gasteiger partial charge is 0.264 e. The third kappa shape index (κ3) is 3.77. The summed E-state index contributed by atoms with van der Waals surface area (Å²) in [7, 11) is 0. The maximum atomic E-state index is 12.8. The zero-order valence-electron chi connectivity index (χ0n) is 16.2. The molecule has 0 radical (unpaired) electrons. The molecule has 0 spiro atoms. The van der Waals surface area contributed by atoms with E-state index < -0.39 is 0 Å². The van der Waals surface area contributed by atoms with Crippen LogP contribution in [0.25, 0.3) is 0 Å². The number of hydrogen-bond donors (Lipinski definition) is 0. The molecule has 1 aromatic heterocycles. The van der Waals surface area contributed by atoms with Gasteiger partial charge in [0.15, 0.2) is 0 Å². The van der Waals surface area contributed by atoms with Crippen LogP contribution in [0.4, 0.5) is 0 Å². The van der Waals surface area contributed by atoms with E-state index >= 15 is 0 Å². The van der Waals surface area contributed by atoms with E-state index in [0.29, 0.717) is 6.04 Å². The van der Waals surface area contributed by atoms with Gasteiger partial charge in [0.25, 0.3) is 5.91 Å². The quantitative estimate of drug-likeness (QED) is 0.790. The summed E-state index contributed by atoms with van der Waals surface area (Å²) in [6, 6.07) is 4.62. The van der Waals surface area contributed by atoms with Gasteiger partial charge < -0.3 is 14.5 Å². The third-order valence-corrected chi connectivity index (χ3v) is 7.08. The number of carbonyl (C=O) groups excluding carboxylic acids is 2. The summed E-state index contributed by atoms with van der Waals surface area (Å²) >= 11 is 1.57. The molecule has 0 aliphatic carbocycles. The molecule has 4 heterocycles. The molecule has 0 N–H and O–H groups in total. The molecule has 4 rings (SSSR count). The van der Waals surface area contributed by atoms with Gasteiger partial charge >= 0.3 is 0 Å². The van der Waals surface area contributed by atoms with Crippen molar-refractivity contribution in [3.8, 4) is 0 Å². The number of likely N-dealkylation sites (tertiary alicyclic amines) is 2. The predicted octanol–water partition coefficient (Wildman–Crippen LogP) is 2.22. The summed E-state index contributed by atoms with van der Waals surface area (Å²) in [5.74, 6) is 0.371. The minimum atomic E-state index is 0.0184. The van der Waals surface area contributed by atoms with Crippen molar-refractivity contribution in [3.63, 3.8) is 0 Å². The molecule has 0 saturated carbocycles. The van der Waals surface area contributed by atoms with Gasteiger partial charge in [0.05, 0.1) is 24.1 Å². The Kier molecular flexibility index (Phi) is 5.53. The largest absolute Gasteiger partial charge is 0.379 e. The molecule has 6 nitrogen and oxygen atoms in total. The molecule has 148 valence electrons. The van der Waals surface area contributed by atoms with E-state index in [4.69, 9.17) is 4.74 Å². The number of nitrogens with zero attached hydrogens (tertiary/aromatic N) is 3. The fraction of sp³-hybridized carbons (Fsp3) is 0.700. The van der Waals surface area contributed by atoms with Crippen molar-refractivity contribution in [1.29, 1.82) is 0 Å². The van der Waals surface area contributed by atoms with Crippen LogP contribution in [0.3, 0.4) is 0 Å². The van der Waals surface area contributed by atoms with Gasteiger partial charge in [-0.1, -0.05) is 13.8 Å². The maximum Gasteiger partial charge on any atom is 0.264 e. The lowest BCUT2D eigenvalue weighted by molar-refractivity contribution is -0.135. The summed E-state index contributed by atoms with van der Waals surface area (Å²) < 4.78 is 5.41. The fourth-order valence-corrected chi connectivity index (χ4v) is 5.38. The van der Waals surface area contributed by atoms with E-state index in [9.17, 15) is 9.59 Å². The number of hydrogen-bond acceptors (Lipinski definition) is 5. The Morgan fingerprint density at radius 1 is 1.15 bits per heavy atom. The van der Waals surface area contributed by atoms with Crippen molar-refractivity contribution in [2.75, 3.05) is 45.9 Å². The lowest BCUT2D eigenvalue weighted by Gasteiger charge is -2.46. The van der Waals surface area contributed by atoms with Gasteiger partial charge in [-0.05, 0) is 25.0 Å². The first-order valence-corrected chi connectivity index (χ1v) is 10.9. The fourth-order valence-electron chi connectivity index (χ4n) is 4.26. The number of thiophene rings is 1. The van der Waals surface area contributed by atoms with E-state index in [1.807, 2.05) is 35.8 Å². The highest BCUT2D eigenvalue weighted by atomic mass is 32.1. The standard InChI is InChI=1S/C20H29N3O3S/c1-14(2)19(24)23-7-3-4-16(23)17-5-6-18(27-17)20(25)22-12-15(13-22)21-8-10-26-11-9-21/h5-6,14-16H,3-4,7-13H2,1-2H3/t16-/m1/s1. The van der Waals surface area contributed by atoms with E-state index in [2.05, 4.69) is 4.90 Å². The lowest BCUT2D eigenvalue weighted by Crippen LogP contribution is -2.62. The second kappa shape index (κ2) is 7.89. The average Bonchev–Trinajstić information content (AvgIpc) is 3.29. The lowest BCUT2D eigenvalue weighted by atomic mass is 10.1. The van der Waals surface area contributed by atoms with E-state index in [-0.39, 0.29) is 23.8 Å². The van der Waals surface area contributed by atoms with E-state index in [1.165, 1.54) is 0 Å². The average molecular weight is 392 g/mol. The maximum absolute atomic E-state index is 12.8. The molecule has 0 bridgehead atoms. The van der Waals surface area contributed by atoms with Crippen molar-refractivity contribution in [1.82, 2.24) is 14.7 Å². The number of amides is 2. The number of carbonyl (C=O) groups is 2. The van der Waals surface area contributed by atoms with Gasteiger partial charge in [-0.3, -0.25) is 14.5 Å². The molecule has 1 atom stereocenters. The Morgan fingerprint density at radius 2 is 1.89 bits per heavy atom. The summed E-state index contributed by atoms with van der Waals surface area (Å²) in [4.78, 5) is 33.6. The van der Waals surface area contributed by atoms with Crippen molar-refractivity contribution in [2.24, 2.45) is 5.92 Å². The van der Waals surface area contributed by atoms with Crippen LogP contribution in [-0.2, 0) is 9.53 Å². The van der Waals surface area contributed by atoms with Crippen LogP contribution in [0, 0.1) is 5.92 Å². The van der Waals surface area contributed by atoms with Gasteiger partial charge in [0, 0.05) is 49.6 Å². The normalized spacial score (nSPS) is 24.5. The first-order valence-electron chi connectivity index (χ1n) is 10.1. The SMILES string of the molecule is CC(C)C(=O)N1CCC[C@@H]1c1ccc(C(=O)N2CC(N3CCOCC3)C2)s1. The molecule has 3 aliphatic rings. The first kappa shape index (κ1) is 18.9. The van der Waals surface area contributed by atoms with Gasteiger partial charge in [-0.2, -0.15) is 0 Å². The van der Waals surface area contributed by atoms with Gasteiger partial charge in [0.1, 0.15) is 0 Å². The van der Waals surface area contributed by atoms with Crippen LogP contribution in [0.15, 0.2) is 12.1 Å². The third-order valence-electron chi connectivity index (χ3n) is 5.91. The predicted molar refractivity (Wildman–Crippen MR) is 105 cm³/mol. The summed E-state index contributed by atoms with van der Waals surface area (Å²) in [6.45, 7) is 9.90. The Labute approximate surface area is 165 Å².